The Kier molecular flexibility index (Phi) is 4.50. The van der Waals surface area contributed by atoms with Crippen LogP contribution in [0.25, 0.3) is 41.6 Å². The van der Waals surface area contributed by atoms with Crippen molar-refractivity contribution in [2.24, 2.45) is 0 Å². The fraction of sp³-hybridized carbons (Fsp3) is 0.167. The molecule has 2 nitrogen and oxygen atoms in total. The van der Waals surface area contributed by atoms with Crippen molar-refractivity contribution in [3.8, 4) is 11.3 Å². The van der Waals surface area contributed by atoms with Crippen LogP contribution in [0.3, 0.4) is 0 Å². The summed E-state index contributed by atoms with van der Waals surface area (Å²) in [5.41, 5.74) is 3.50. The molecule has 0 aliphatic rings. The van der Waals surface area contributed by atoms with E-state index in [1.165, 1.54) is 30.6 Å². The molecule has 0 amide bonds. The zero-order chi connectivity index (χ0) is 20.2. The molecule has 0 N–H and O–H groups in total. The van der Waals surface area contributed by atoms with Crippen molar-refractivity contribution in [1.82, 2.24) is 9.97 Å². The van der Waals surface area contributed by atoms with Gasteiger partial charge in [0.05, 0.1) is 5.69 Å². The van der Waals surface area contributed by atoms with Gasteiger partial charge in [0.1, 0.15) is 11.2 Å². The molecule has 0 saturated heterocycles. The van der Waals surface area contributed by atoms with E-state index >= 15 is 0 Å². The number of aromatic nitrogens is 2. The quantitative estimate of drug-likeness (QED) is 0.268. The Morgan fingerprint density at radius 1 is 1.03 bits per heavy atom. The van der Waals surface area contributed by atoms with Gasteiger partial charge in [-0.3, -0.25) is 0 Å². The second-order valence-corrected chi connectivity index (χ2v) is 11.0. The third kappa shape index (κ3) is 3.08. The lowest BCUT2D eigenvalue weighted by molar-refractivity contribution is 0.578. The highest BCUT2D eigenvalue weighted by Gasteiger charge is 2.21. The summed E-state index contributed by atoms with van der Waals surface area (Å²) < 4.78 is 2.62. The zero-order valence-electron chi connectivity index (χ0n) is 16.5. The fourth-order valence-electron chi connectivity index (χ4n) is 3.79. The Balaban J connectivity index is 1.81. The van der Waals surface area contributed by atoms with Crippen LogP contribution in [0.15, 0.2) is 65.0 Å². The summed E-state index contributed by atoms with van der Waals surface area (Å²) in [5, 5.41) is 7.77. The Bertz CT molecular complexity index is 1390. The minimum absolute atomic E-state index is 0.0348. The molecule has 0 aliphatic heterocycles. The first-order valence-corrected chi connectivity index (χ1v) is 12.0. The molecule has 0 spiro atoms. The van der Waals surface area contributed by atoms with E-state index in [-0.39, 0.29) is 5.41 Å². The van der Waals surface area contributed by atoms with Crippen LogP contribution in [0.5, 0.6) is 0 Å². The van der Waals surface area contributed by atoms with E-state index in [1.807, 2.05) is 5.41 Å². The highest BCUT2D eigenvalue weighted by atomic mass is 32.2. The van der Waals surface area contributed by atoms with Crippen LogP contribution in [0, 0.1) is 0 Å². The third-order valence-electron chi connectivity index (χ3n) is 5.14. The van der Waals surface area contributed by atoms with Gasteiger partial charge in [-0.2, -0.15) is 0 Å². The molecule has 3 aromatic heterocycles. The predicted octanol–water partition coefficient (Wildman–Crippen LogP) is 8.26. The molecule has 0 fully saturated rings. The second-order valence-electron chi connectivity index (χ2n) is 8.02. The van der Waals surface area contributed by atoms with Crippen LogP contribution in [0.1, 0.15) is 26.3 Å². The van der Waals surface area contributed by atoms with Gasteiger partial charge < -0.3 is 0 Å². The topological polar surface area (TPSA) is 25.8 Å². The lowest BCUT2D eigenvalue weighted by Crippen LogP contribution is -2.12. The minimum atomic E-state index is 0.0348. The highest BCUT2D eigenvalue weighted by Crippen LogP contribution is 2.43. The van der Waals surface area contributed by atoms with E-state index in [0.717, 1.165) is 21.5 Å². The Morgan fingerprint density at radius 3 is 2.69 bits per heavy atom. The van der Waals surface area contributed by atoms with Crippen LogP contribution in [0.4, 0.5) is 0 Å². The SMILES string of the molecule is C=CSc1ccc(-c2ncnc3sc4c5ccsc5ccc4c23)cc1C(C)(C)C. The Labute approximate surface area is 182 Å². The number of benzene rings is 2. The Morgan fingerprint density at radius 2 is 1.90 bits per heavy atom. The first-order valence-electron chi connectivity index (χ1n) is 9.43. The van der Waals surface area contributed by atoms with Crippen molar-refractivity contribution in [3.05, 3.63) is 65.7 Å². The van der Waals surface area contributed by atoms with Crippen molar-refractivity contribution in [2.75, 3.05) is 0 Å². The van der Waals surface area contributed by atoms with Gasteiger partial charge in [-0.15, -0.1) is 22.7 Å². The normalized spacial score (nSPS) is 12.2. The number of hydrogen-bond acceptors (Lipinski definition) is 5. The summed E-state index contributed by atoms with van der Waals surface area (Å²) in [7, 11) is 0. The summed E-state index contributed by atoms with van der Waals surface area (Å²) in [6.07, 6.45) is 1.70. The van der Waals surface area contributed by atoms with Gasteiger partial charge in [0, 0.05) is 36.0 Å². The molecule has 0 aliphatic carbocycles. The monoisotopic (exact) mass is 432 g/mol. The summed E-state index contributed by atoms with van der Waals surface area (Å²) in [5.74, 6) is 0. The molecule has 0 radical (unpaired) electrons. The summed E-state index contributed by atoms with van der Waals surface area (Å²) in [6.45, 7) is 10.6. The van der Waals surface area contributed by atoms with E-state index in [4.69, 9.17) is 4.98 Å². The molecule has 5 aromatic rings. The molecular weight excluding hydrogens is 412 g/mol. The molecule has 5 heteroatoms. The first-order chi connectivity index (χ1) is 14.0. The lowest BCUT2D eigenvalue weighted by atomic mass is 9.85. The molecule has 0 atom stereocenters. The lowest BCUT2D eigenvalue weighted by Gasteiger charge is -2.23. The van der Waals surface area contributed by atoms with Crippen molar-refractivity contribution in [3.63, 3.8) is 0 Å². The largest absolute Gasteiger partial charge is 0.236 e. The van der Waals surface area contributed by atoms with Crippen molar-refractivity contribution < 1.29 is 0 Å². The van der Waals surface area contributed by atoms with E-state index in [0.29, 0.717) is 0 Å². The molecule has 0 bridgehead atoms. The zero-order valence-corrected chi connectivity index (χ0v) is 19.0. The molecule has 5 rings (SSSR count). The molecule has 0 unspecified atom stereocenters. The smallest absolute Gasteiger partial charge is 0.128 e. The maximum atomic E-state index is 4.74. The Hall–Kier alpha value is -2.21. The van der Waals surface area contributed by atoms with Gasteiger partial charge in [0.2, 0.25) is 0 Å². The van der Waals surface area contributed by atoms with E-state index in [1.54, 1.807) is 40.8 Å². The van der Waals surface area contributed by atoms with E-state index < -0.39 is 0 Å². The summed E-state index contributed by atoms with van der Waals surface area (Å²) in [4.78, 5) is 11.6. The number of thiophene rings is 2. The van der Waals surface area contributed by atoms with E-state index in [9.17, 15) is 0 Å². The van der Waals surface area contributed by atoms with E-state index in [2.05, 4.69) is 74.1 Å². The van der Waals surface area contributed by atoms with Crippen molar-refractivity contribution in [1.29, 1.82) is 0 Å². The van der Waals surface area contributed by atoms with Crippen molar-refractivity contribution in [2.45, 2.75) is 31.1 Å². The van der Waals surface area contributed by atoms with Gasteiger partial charge in [-0.05, 0) is 46.0 Å². The van der Waals surface area contributed by atoms with Gasteiger partial charge in [-0.1, -0.05) is 51.2 Å². The molecule has 0 saturated carbocycles. The van der Waals surface area contributed by atoms with Gasteiger partial charge in [-0.25, -0.2) is 9.97 Å². The predicted molar refractivity (Wildman–Crippen MR) is 130 cm³/mol. The van der Waals surface area contributed by atoms with Gasteiger partial charge >= 0.3 is 0 Å². The number of hydrogen-bond donors (Lipinski definition) is 0. The molecule has 144 valence electrons. The van der Waals surface area contributed by atoms with Crippen molar-refractivity contribution >= 4 is 64.8 Å². The summed E-state index contributed by atoms with van der Waals surface area (Å²) >= 11 is 5.22. The molecular formula is C24H20N2S3. The minimum Gasteiger partial charge on any atom is -0.236 e. The number of fused-ring (bicyclic) bond motifs is 5. The maximum Gasteiger partial charge on any atom is 0.128 e. The summed E-state index contributed by atoms with van der Waals surface area (Å²) in [6, 6.07) is 13.3. The number of rotatable bonds is 3. The van der Waals surface area contributed by atoms with Crippen LogP contribution in [-0.2, 0) is 5.41 Å². The molecule has 3 heterocycles. The number of nitrogens with zero attached hydrogens (tertiary/aromatic N) is 2. The van der Waals surface area contributed by atoms with Gasteiger partial charge in [0.15, 0.2) is 0 Å². The van der Waals surface area contributed by atoms with Crippen LogP contribution >= 0.6 is 34.4 Å². The van der Waals surface area contributed by atoms with Crippen LogP contribution in [0.2, 0.25) is 0 Å². The first kappa shape index (κ1) is 18.8. The van der Waals surface area contributed by atoms with Crippen LogP contribution in [-0.4, -0.2) is 9.97 Å². The third-order valence-corrected chi connectivity index (χ3v) is 7.94. The fourth-order valence-corrected chi connectivity index (χ4v) is 6.63. The highest BCUT2D eigenvalue weighted by molar-refractivity contribution is 8.02. The standard InChI is InChI=1S/C24H20N2S3/c1-5-27-19-8-6-14(12-17(19)24(2,3)4)21-20-16-7-9-18-15(10-11-28-18)22(16)29-23(20)26-13-25-21/h5-13H,1H2,2-4H3. The van der Waals surface area contributed by atoms with Gasteiger partial charge in [0.25, 0.3) is 0 Å². The molecule has 29 heavy (non-hydrogen) atoms. The average Bonchev–Trinajstić information content (AvgIpc) is 3.31. The second kappa shape index (κ2) is 6.94. The maximum absolute atomic E-state index is 4.74. The molecule has 2 aromatic carbocycles. The van der Waals surface area contributed by atoms with Crippen LogP contribution < -0.4 is 0 Å². The number of thioether (sulfide) groups is 1. The average molecular weight is 433 g/mol.